The highest BCUT2D eigenvalue weighted by atomic mass is 35.5. The monoisotopic (exact) mass is 270 g/mol. The first-order chi connectivity index (χ1) is 8.56. The molecular formula is C13H19ClN2O2. The predicted octanol–water partition coefficient (Wildman–Crippen LogP) is 3.06. The minimum atomic E-state index is -0.576. The number of anilines is 1. The van der Waals surface area contributed by atoms with Gasteiger partial charge in [-0.3, -0.25) is 4.98 Å². The van der Waals surface area contributed by atoms with Crippen molar-refractivity contribution in [3.63, 3.8) is 0 Å². The highest BCUT2D eigenvalue weighted by Gasteiger charge is 2.17. The lowest BCUT2D eigenvalue weighted by atomic mass is 10.2. The molecular weight excluding hydrogens is 252 g/mol. The Morgan fingerprint density at radius 1 is 1.56 bits per heavy atom. The van der Waals surface area contributed by atoms with Crippen molar-refractivity contribution in [2.24, 2.45) is 0 Å². The first-order valence-corrected chi connectivity index (χ1v) is 6.46. The fraction of sp³-hybridized carbons (Fsp3) is 0.538. The molecule has 100 valence electrons. The second-order valence-electron chi connectivity index (χ2n) is 4.24. The van der Waals surface area contributed by atoms with Crippen LogP contribution in [0.25, 0.3) is 0 Å². The molecule has 0 amide bonds. The topological polar surface area (TPSA) is 42.4 Å². The number of unbranched alkanes of at least 4 members (excludes halogenated alkanes) is 1. The number of hydrogen-bond acceptors (Lipinski definition) is 4. The van der Waals surface area contributed by atoms with Gasteiger partial charge in [0.15, 0.2) is 5.56 Å². The summed E-state index contributed by atoms with van der Waals surface area (Å²) in [6.07, 6.45) is 5.77. The fourth-order valence-electron chi connectivity index (χ4n) is 1.54. The molecule has 5 heteroatoms. The molecule has 18 heavy (non-hydrogen) atoms. The Kier molecular flexibility index (Phi) is 5.92. The molecule has 0 aliphatic rings. The van der Waals surface area contributed by atoms with E-state index in [2.05, 4.69) is 11.9 Å². The smallest absolute Gasteiger partial charge is 0.343 e. The molecule has 1 aromatic heterocycles. The van der Waals surface area contributed by atoms with Gasteiger partial charge in [-0.25, -0.2) is 4.79 Å². The quantitative estimate of drug-likeness (QED) is 0.589. The largest absolute Gasteiger partial charge is 0.442 e. The van der Waals surface area contributed by atoms with Gasteiger partial charge in [-0.2, -0.15) is 0 Å². The van der Waals surface area contributed by atoms with E-state index in [0.29, 0.717) is 12.0 Å². The number of pyridine rings is 1. The van der Waals surface area contributed by atoms with Crippen molar-refractivity contribution in [2.75, 3.05) is 19.0 Å². The predicted molar refractivity (Wildman–Crippen MR) is 73.1 cm³/mol. The third kappa shape index (κ3) is 4.18. The summed E-state index contributed by atoms with van der Waals surface area (Å²) in [4.78, 5) is 17.8. The van der Waals surface area contributed by atoms with Crippen molar-refractivity contribution in [1.82, 2.24) is 4.98 Å². The van der Waals surface area contributed by atoms with Crippen LogP contribution in [0.1, 0.15) is 36.5 Å². The second-order valence-corrected chi connectivity index (χ2v) is 4.73. The van der Waals surface area contributed by atoms with Crippen molar-refractivity contribution in [3.05, 3.63) is 24.0 Å². The number of esters is 1. The van der Waals surface area contributed by atoms with Crippen LogP contribution < -0.4 is 4.90 Å². The van der Waals surface area contributed by atoms with Crippen LogP contribution >= 0.6 is 11.6 Å². The Labute approximate surface area is 113 Å². The van der Waals surface area contributed by atoms with Gasteiger partial charge in [0, 0.05) is 26.5 Å². The van der Waals surface area contributed by atoms with E-state index in [4.69, 9.17) is 16.3 Å². The van der Waals surface area contributed by atoms with Crippen LogP contribution in [0.4, 0.5) is 5.69 Å². The van der Waals surface area contributed by atoms with E-state index in [1.54, 1.807) is 12.3 Å². The summed E-state index contributed by atoms with van der Waals surface area (Å²) in [7, 11) is 3.72. The van der Waals surface area contributed by atoms with Gasteiger partial charge < -0.3 is 9.64 Å². The van der Waals surface area contributed by atoms with Crippen LogP contribution in [0.2, 0.25) is 0 Å². The zero-order valence-corrected chi connectivity index (χ0v) is 11.8. The Balaban J connectivity index is 2.72. The van der Waals surface area contributed by atoms with Crippen molar-refractivity contribution in [2.45, 2.75) is 31.7 Å². The lowest BCUT2D eigenvalue weighted by Gasteiger charge is -2.17. The van der Waals surface area contributed by atoms with Crippen LogP contribution in [0.15, 0.2) is 18.5 Å². The molecule has 0 N–H and O–H groups in total. The number of rotatable bonds is 6. The minimum absolute atomic E-state index is 0.428. The van der Waals surface area contributed by atoms with Crippen LogP contribution in [0.3, 0.4) is 0 Å². The molecule has 0 spiro atoms. The molecule has 0 fully saturated rings. The zero-order chi connectivity index (χ0) is 13.5. The van der Waals surface area contributed by atoms with E-state index >= 15 is 0 Å². The fourth-order valence-corrected chi connectivity index (χ4v) is 1.77. The van der Waals surface area contributed by atoms with Gasteiger partial charge >= 0.3 is 5.97 Å². The molecule has 0 aliphatic heterocycles. The normalized spacial score (nSPS) is 12.0. The van der Waals surface area contributed by atoms with Gasteiger partial charge in [0.05, 0.1) is 5.69 Å². The SMILES string of the molecule is CCCCC(Cl)OC(=O)c1cnccc1N(C)C. The van der Waals surface area contributed by atoms with Crippen LogP contribution in [0.5, 0.6) is 0 Å². The zero-order valence-electron chi connectivity index (χ0n) is 11.0. The number of nitrogens with zero attached hydrogens (tertiary/aromatic N) is 2. The van der Waals surface area contributed by atoms with Gasteiger partial charge in [0.2, 0.25) is 0 Å². The standard InChI is InChI=1S/C13H19ClN2O2/c1-4-5-6-12(14)18-13(17)10-9-15-8-7-11(10)16(2)3/h7-9,12H,4-6H2,1-3H3. The molecule has 1 unspecified atom stereocenters. The molecule has 1 rings (SSSR count). The summed E-state index contributed by atoms with van der Waals surface area (Å²) >= 11 is 5.96. The Morgan fingerprint density at radius 2 is 2.28 bits per heavy atom. The number of ether oxygens (including phenoxy) is 1. The summed E-state index contributed by atoms with van der Waals surface area (Å²) in [5, 5.41) is 0. The van der Waals surface area contributed by atoms with Gasteiger partial charge in [0.1, 0.15) is 5.56 Å². The van der Waals surface area contributed by atoms with Crippen LogP contribution in [0, 0.1) is 0 Å². The van der Waals surface area contributed by atoms with Crippen LogP contribution in [-0.2, 0) is 4.74 Å². The molecule has 0 saturated heterocycles. The highest BCUT2D eigenvalue weighted by Crippen LogP contribution is 2.19. The van der Waals surface area contributed by atoms with E-state index in [9.17, 15) is 4.79 Å². The Morgan fingerprint density at radius 3 is 2.89 bits per heavy atom. The summed E-state index contributed by atoms with van der Waals surface area (Å²) in [5.41, 5.74) is 0.631. The summed E-state index contributed by atoms with van der Waals surface area (Å²) in [6.45, 7) is 2.07. The van der Waals surface area contributed by atoms with E-state index in [-0.39, 0.29) is 0 Å². The molecule has 0 saturated carbocycles. The Bertz CT molecular complexity index is 396. The molecule has 0 aliphatic carbocycles. The number of aromatic nitrogens is 1. The second kappa shape index (κ2) is 7.21. The van der Waals surface area contributed by atoms with Gasteiger partial charge in [-0.1, -0.05) is 24.9 Å². The van der Waals surface area contributed by atoms with Crippen molar-refractivity contribution >= 4 is 23.3 Å². The van der Waals surface area contributed by atoms with E-state index in [1.807, 2.05) is 19.0 Å². The average Bonchev–Trinajstić information content (AvgIpc) is 2.36. The number of carbonyl (C=O) groups is 1. The lowest BCUT2D eigenvalue weighted by molar-refractivity contribution is 0.0434. The third-order valence-electron chi connectivity index (χ3n) is 2.52. The highest BCUT2D eigenvalue weighted by molar-refractivity contribution is 6.20. The molecule has 4 nitrogen and oxygen atoms in total. The average molecular weight is 271 g/mol. The maximum Gasteiger partial charge on any atom is 0.343 e. The van der Waals surface area contributed by atoms with Crippen LogP contribution in [-0.4, -0.2) is 30.6 Å². The lowest BCUT2D eigenvalue weighted by Crippen LogP contribution is -2.18. The molecule has 0 aromatic carbocycles. The molecule has 1 aromatic rings. The van der Waals surface area contributed by atoms with E-state index < -0.39 is 11.5 Å². The third-order valence-corrected chi connectivity index (χ3v) is 2.83. The number of halogens is 1. The van der Waals surface area contributed by atoms with Gasteiger partial charge in [-0.15, -0.1) is 0 Å². The molecule has 1 atom stereocenters. The van der Waals surface area contributed by atoms with Gasteiger partial charge in [0.25, 0.3) is 0 Å². The summed E-state index contributed by atoms with van der Waals surface area (Å²) < 4.78 is 5.19. The summed E-state index contributed by atoms with van der Waals surface area (Å²) in [5.74, 6) is -0.428. The van der Waals surface area contributed by atoms with E-state index in [1.165, 1.54) is 6.20 Å². The first kappa shape index (κ1) is 14.8. The number of alkyl halides is 1. The minimum Gasteiger partial charge on any atom is -0.442 e. The number of hydrogen-bond donors (Lipinski definition) is 0. The maximum atomic E-state index is 12.0. The summed E-state index contributed by atoms with van der Waals surface area (Å²) in [6, 6.07) is 1.77. The van der Waals surface area contributed by atoms with Crippen molar-refractivity contribution in [3.8, 4) is 0 Å². The van der Waals surface area contributed by atoms with Gasteiger partial charge in [-0.05, 0) is 18.9 Å². The number of carbonyl (C=O) groups excluding carboxylic acids is 1. The maximum absolute atomic E-state index is 12.0. The molecule has 0 radical (unpaired) electrons. The van der Waals surface area contributed by atoms with Crippen molar-refractivity contribution < 1.29 is 9.53 Å². The first-order valence-electron chi connectivity index (χ1n) is 6.02. The van der Waals surface area contributed by atoms with Crippen molar-refractivity contribution in [1.29, 1.82) is 0 Å². The van der Waals surface area contributed by atoms with E-state index in [0.717, 1.165) is 18.5 Å². The Hall–Kier alpha value is -1.29. The molecule has 1 heterocycles. The molecule has 0 bridgehead atoms.